The van der Waals surface area contributed by atoms with Crippen LogP contribution in [0.25, 0.3) is 0 Å². The first-order chi connectivity index (χ1) is 6.51. The number of alkyl halides is 3. The summed E-state index contributed by atoms with van der Waals surface area (Å²) >= 11 is 0. The Kier molecular flexibility index (Phi) is 3.51. The predicted molar refractivity (Wildman–Crippen MR) is 45.4 cm³/mol. The minimum atomic E-state index is -4.08. The first-order valence-electron chi connectivity index (χ1n) is 4.29. The smallest absolute Gasteiger partial charge is 0.326 e. The molecule has 0 fully saturated rings. The van der Waals surface area contributed by atoms with Gasteiger partial charge in [-0.2, -0.15) is 18.3 Å². The number of nitrogens with two attached hydrogens (primary N) is 1. The predicted octanol–water partition coefficient (Wildman–Crippen LogP) is 1.68. The highest BCUT2D eigenvalue weighted by Gasteiger charge is 2.25. The van der Waals surface area contributed by atoms with E-state index >= 15 is 0 Å². The topological polar surface area (TPSA) is 43.8 Å². The molecule has 6 heteroatoms. The van der Waals surface area contributed by atoms with Crippen molar-refractivity contribution in [3.63, 3.8) is 0 Å². The van der Waals surface area contributed by atoms with Gasteiger partial charge in [-0.1, -0.05) is 0 Å². The molecule has 1 heterocycles. The van der Waals surface area contributed by atoms with Crippen LogP contribution in [-0.4, -0.2) is 16.0 Å². The fourth-order valence-electron chi connectivity index (χ4n) is 1.08. The molecule has 14 heavy (non-hydrogen) atoms. The van der Waals surface area contributed by atoms with Crippen molar-refractivity contribution < 1.29 is 13.2 Å². The van der Waals surface area contributed by atoms with Gasteiger partial charge in [0.25, 0.3) is 0 Å². The molecule has 0 amide bonds. The van der Waals surface area contributed by atoms with Crippen molar-refractivity contribution in [3.05, 3.63) is 18.0 Å². The monoisotopic (exact) mass is 207 g/mol. The van der Waals surface area contributed by atoms with Gasteiger partial charge in [0.05, 0.1) is 6.20 Å². The summed E-state index contributed by atoms with van der Waals surface area (Å²) in [4.78, 5) is 0. The molecule has 0 radical (unpaired) electrons. The van der Waals surface area contributed by atoms with Gasteiger partial charge in [0, 0.05) is 31.3 Å². The fourth-order valence-corrected chi connectivity index (χ4v) is 1.08. The Hall–Kier alpha value is -1.04. The Labute approximate surface area is 79.7 Å². The minimum Gasteiger partial charge on any atom is -0.326 e. The molecule has 0 spiro atoms. The van der Waals surface area contributed by atoms with Crippen molar-refractivity contribution in [1.82, 2.24) is 9.78 Å². The lowest BCUT2D eigenvalue weighted by Gasteiger charge is -2.05. The number of rotatable bonds is 4. The van der Waals surface area contributed by atoms with Crippen LogP contribution in [0.4, 0.5) is 13.2 Å². The molecule has 80 valence electrons. The Balaban J connectivity index is 2.31. The maximum Gasteiger partial charge on any atom is 0.389 e. The van der Waals surface area contributed by atoms with Gasteiger partial charge < -0.3 is 5.73 Å². The van der Waals surface area contributed by atoms with Gasteiger partial charge in [0.2, 0.25) is 0 Å². The minimum absolute atomic E-state index is 0.0508. The van der Waals surface area contributed by atoms with Crippen molar-refractivity contribution in [1.29, 1.82) is 0 Å². The number of hydrogen-bond donors (Lipinski definition) is 1. The van der Waals surface area contributed by atoms with Crippen LogP contribution in [0.15, 0.2) is 12.4 Å². The van der Waals surface area contributed by atoms with Gasteiger partial charge in [0.15, 0.2) is 0 Å². The number of aromatic nitrogens is 2. The van der Waals surface area contributed by atoms with E-state index in [9.17, 15) is 13.2 Å². The molecular formula is C8H12F3N3. The zero-order chi connectivity index (χ0) is 10.6. The Morgan fingerprint density at radius 1 is 1.43 bits per heavy atom. The van der Waals surface area contributed by atoms with E-state index in [4.69, 9.17) is 5.73 Å². The van der Waals surface area contributed by atoms with Crippen LogP contribution in [0.2, 0.25) is 0 Å². The summed E-state index contributed by atoms with van der Waals surface area (Å²) < 4.78 is 36.8. The average molecular weight is 207 g/mol. The number of nitrogens with zero attached hydrogens (tertiary/aromatic N) is 2. The molecule has 0 aromatic carbocycles. The molecule has 0 bridgehead atoms. The molecule has 0 saturated heterocycles. The SMILES string of the molecule is NCc1cnn(CCCC(F)(F)F)c1. The van der Waals surface area contributed by atoms with Crippen LogP contribution < -0.4 is 5.73 Å². The van der Waals surface area contributed by atoms with E-state index in [0.29, 0.717) is 6.54 Å². The van der Waals surface area contributed by atoms with Crippen LogP contribution in [0, 0.1) is 0 Å². The summed E-state index contributed by atoms with van der Waals surface area (Å²) in [7, 11) is 0. The third-order valence-corrected chi connectivity index (χ3v) is 1.77. The zero-order valence-corrected chi connectivity index (χ0v) is 7.59. The van der Waals surface area contributed by atoms with Crippen molar-refractivity contribution in [3.8, 4) is 0 Å². The second kappa shape index (κ2) is 4.45. The normalized spacial score (nSPS) is 12.0. The summed E-state index contributed by atoms with van der Waals surface area (Å²) in [6, 6.07) is 0. The fraction of sp³-hybridized carbons (Fsp3) is 0.625. The third-order valence-electron chi connectivity index (χ3n) is 1.77. The van der Waals surface area contributed by atoms with E-state index in [1.165, 1.54) is 4.68 Å². The van der Waals surface area contributed by atoms with Gasteiger partial charge in [-0.25, -0.2) is 0 Å². The summed E-state index contributed by atoms with van der Waals surface area (Å²) in [6.07, 6.45) is -1.58. The molecule has 3 nitrogen and oxygen atoms in total. The van der Waals surface area contributed by atoms with Crippen molar-refractivity contribution in [2.45, 2.75) is 32.1 Å². The average Bonchev–Trinajstić information content (AvgIpc) is 2.50. The van der Waals surface area contributed by atoms with Crippen LogP contribution >= 0.6 is 0 Å². The van der Waals surface area contributed by atoms with E-state index in [2.05, 4.69) is 5.10 Å². The van der Waals surface area contributed by atoms with Crippen LogP contribution in [0.3, 0.4) is 0 Å². The zero-order valence-electron chi connectivity index (χ0n) is 7.59. The summed E-state index contributed by atoms with van der Waals surface area (Å²) in [5.74, 6) is 0. The lowest BCUT2D eigenvalue weighted by Crippen LogP contribution is -2.09. The van der Waals surface area contributed by atoms with Crippen LogP contribution in [0.1, 0.15) is 18.4 Å². The largest absolute Gasteiger partial charge is 0.389 e. The van der Waals surface area contributed by atoms with E-state index < -0.39 is 12.6 Å². The molecule has 0 aliphatic heterocycles. The molecule has 0 saturated carbocycles. The Morgan fingerprint density at radius 2 is 2.14 bits per heavy atom. The highest BCUT2D eigenvalue weighted by Crippen LogP contribution is 2.21. The quantitative estimate of drug-likeness (QED) is 0.816. The van der Waals surface area contributed by atoms with Crippen LogP contribution in [-0.2, 0) is 13.1 Å². The summed E-state index contributed by atoms with van der Waals surface area (Å²) in [5.41, 5.74) is 6.16. The van der Waals surface area contributed by atoms with E-state index in [0.717, 1.165) is 5.56 Å². The van der Waals surface area contributed by atoms with Gasteiger partial charge in [0.1, 0.15) is 0 Å². The molecule has 1 aromatic rings. The highest BCUT2D eigenvalue weighted by molar-refractivity contribution is 5.02. The van der Waals surface area contributed by atoms with Gasteiger partial charge in [-0.15, -0.1) is 0 Å². The maximum absolute atomic E-state index is 11.8. The van der Waals surface area contributed by atoms with E-state index in [1.807, 2.05) is 0 Å². The molecule has 0 atom stereocenters. The van der Waals surface area contributed by atoms with E-state index in [-0.39, 0.29) is 13.0 Å². The van der Waals surface area contributed by atoms with E-state index in [1.54, 1.807) is 12.4 Å². The Morgan fingerprint density at radius 3 is 2.64 bits per heavy atom. The molecule has 0 unspecified atom stereocenters. The number of aryl methyl sites for hydroxylation is 1. The highest BCUT2D eigenvalue weighted by atomic mass is 19.4. The van der Waals surface area contributed by atoms with Crippen molar-refractivity contribution >= 4 is 0 Å². The lowest BCUT2D eigenvalue weighted by molar-refractivity contribution is -0.136. The number of hydrogen-bond acceptors (Lipinski definition) is 2. The first kappa shape index (κ1) is 11.0. The standard InChI is InChI=1S/C8H12F3N3/c9-8(10,11)2-1-3-14-6-7(4-12)5-13-14/h5-6H,1-4,12H2. The van der Waals surface area contributed by atoms with Gasteiger partial charge in [-0.3, -0.25) is 4.68 Å². The number of halogens is 3. The van der Waals surface area contributed by atoms with Gasteiger partial charge in [-0.05, 0) is 6.42 Å². The molecule has 2 N–H and O–H groups in total. The molecule has 1 rings (SSSR count). The first-order valence-corrected chi connectivity index (χ1v) is 4.29. The second-order valence-electron chi connectivity index (χ2n) is 3.03. The van der Waals surface area contributed by atoms with Crippen molar-refractivity contribution in [2.24, 2.45) is 5.73 Å². The second-order valence-corrected chi connectivity index (χ2v) is 3.03. The molecule has 1 aromatic heterocycles. The van der Waals surface area contributed by atoms with Crippen LogP contribution in [0.5, 0.6) is 0 Å². The lowest BCUT2D eigenvalue weighted by atomic mass is 10.3. The molecule has 0 aliphatic carbocycles. The van der Waals surface area contributed by atoms with Gasteiger partial charge >= 0.3 is 6.18 Å². The Bertz CT molecular complexity index is 280. The van der Waals surface area contributed by atoms with Crippen molar-refractivity contribution in [2.75, 3.05) is 0 Å². The summed E-state index contributed by atoms with van der Waals surface area (Å²) in [5, 5.41) is 3.88. The maximum atomic E-state index is 11.8. The molecular weight excluding hydrogens is 195 g/mol. The molecule has 0 aliphatic rings. The third kappa shape index (κ3) is 3.78. The summed E-state index contributed by atoms with van der Waals surface area (Å²) in [6.45, 7) is 0.638.